The summed E-state index contributed by atoms with van der Waals surface area (Å²) >= 11 is 6.33. The first-order chi connectivity index (χ1) is 13.7. The van der Waals surface area contributed by atoms with E-state index in [1.54, 1.807) is 0 Å². The molecule has 0 aliphatic carbocycles. The minimum atomic E-state index is -4.55. The van der Waals surface area contributed by atoms with Gasteiger partial charge in [-0.15, -0.1) is 11.3 Å². The van der Waals surface area contributed by atoms with Gasteiger partial charge < -0.3 is 4.74 Å². The number of aromatic nitrogens is 1. The number of thiazole rings is 1. The maximum atomic E-state index is 14.0. The lowest BCUT2D eigenvalue weighted by Gasteiger charge is -2.19. The van der Waals surface area contributed by atoms with E-state index < -0.39 is 35.5 Å². The zero-order valence-corrected chi connectivity index (χ0v) is 15.8. The van der Waals surface area contributed by atoms with Crippen LogP contribution in [0.3, 0.4) is 0 Å². The largest absolute Gasteiger partial charge is 0.433 e. The van der Waals surface area contributed by atoms with Crippen molar-refractivity contribution in [3.8, 4) is 11.3 Å². The van der Waals surface area contributed by atoms with Crippen LogP contribution in [0.2, 0.25) is 0 Å². The van der Waals surface area contributed by atoms with Crippen LogP contribution in [0, 0.1) is 11.6 Å². The maximum Gasteiger partial charge on any atom is 0.422 e. The molecule has 0 bridgehead atoms. The Kier molecular flexibility index (Phi) is 6.04. The van der Waals surface area contributed by atoms with Gasteiger partial charge in [-0.2, -0.15) is 13.2 Å². The molecule has 0 spiro atoms. The van der Waals surface area contributed by atoms with Gasteiger partial charge in [0.1, 0.15) is 11.6 Å². The van der Waals surface area contributed by atoms with Crippen molar-refractivity contribution in [3.05, 3.63) is 65.0 Å². The fraction of sp³-hybridized carbons (Fsp3) is 0.111. The number of ether oxygens (including phenoxy) is 1. The van der Waals surface area contributed by atoms with Crippen molar-refractivity contribution in [1.82, 2.24) is 4.98 Å². The van der Waals surface area contributed by atoms with Gasteiger partial charge in [0.15, 0.2) is 11.2 Å². The van der Waals surface area contributed by atoms with E-state index in [0.717, 1.165) is 46.6 Å². The van der Waals surface area contributed by atoms with Gasteiger partial charge in [-0.3, -0.25) is 0 Å². The molecule has 1 aromatic heterocycles. The summed E-state index contributed by atoms with van der Waals surface area (Å²) in [4.78, 5) is 17.4. The third-order valence-electron chi connectivity index (χ3n) is 3.70. The van der Waals surface area contributed by atoms with E-state index in [-0.39, 0.29) is 22.1 Å². The predicted molar refractivity (Wildman–Crippen MR) is 98.3 cm³/mol. The molecule has 3 aromatic rings. The van der Waals surface area contributed by atoms with Gasteiger partial charge in [0.25, 0.3) is 0 Å². The number of hydrogen-bond acceptors (Lipinski definition) is 4. The van der Waals surface area contributed by atoms with Crippen LogP contribution >= 0.6 is 22.9 Å². The second-order valence-electron chi connectivity index (χ2n) is 5.54. The molecule has 1 amide bonds. The van der Waals surface area contributed by atoms with Gasteiger partial charge in [0.2, 0.25) is 0 Å². The summed E-state index contributed by atoms with van der Waals surface area (Å²) in [6, 6.07) is 6.14. The molecule has 0 N–H and O–H groups in total. The lowest BCUT2D eigenvalue weighted by Crippen LogP contribution is -2.26. The molecule has 0 radical (unpaired) electrons. The second-order valence-corrected chi connectivity index (χ2v) is 6.59. The number of amides is 1. The molecule has 0 saturated heterocycles. The van der Waals surface area contributed by atoms with E-state index >= 15 is 0 Å². The first-order valence-electron chi connectivity index (χ1n) is 7.82. The third-order valence-corrected chi connectivity index (χ3v) is 4.64. The molecule has 0 aliphatic heterocycles. The van der Waals surface area contributed by atoms with Gasteiger partial charge in [0, 0.05) is 17.0 Å². The van der Waals surface area contributed by atoms with Gasteiger partial charge in [-0.05, 0) is 36.4 Å². The number of halogens is 6. The highest BCUT2D eigenvalue weighted by atomic mass is 35.5. The summed E-state index contributed by atoms with van der Waals surface area (Å²) in [7, 11) is 0. The third kappa shape index (κ3) is 4.65. The summed E-state index contributed by atoms with van der Waals surface area (Å²) in [5.74, 6) is -1.62. The number of anilines is 2. The first kappa shape index (κ1) is 21.0. The molecule has 0 aliphatic rings. The number of carbonyl (C=O) groups excluding carboxylic acids is 1. The summed E-state index contributed by atoms with van der Waals surface area (Å²) in [5.41, 5.74) is -0.765. The fourth-order valence-corrected chi connectivity index (χ4v) is 3.32. The summed E-state index contributed by atoms with van der Waals surface area (Å²) in [5, 5.41) is 1.41. The Morgan fingerprint density at radius 1 is 1.14 bits per heavy atom. The zero-order valence-electron chi connectivity index (χ0n) is 14.2. The van der Waals surface area contributed by atoms with Gasteiger partial charge >= 0.3 is 12.3 Å². The number of rotatable bonds is 4. The molecule has 4 nitrogen and oxygen atoms in total. The average Bonchev–Trinajstić information content (AvgIpc) is 3.11. The van der Waals surface area contributed by atoms with Gasteiger partial charge in [0.05, 0.1) is 16.9 Å². The highest BCUT2D eigenvalue weighted by molar-refractivity contribution is 7.14. The van der Waals surface area contributed by atoms with E-state index in [0.29, 0.717) is 6.07 Å². The van der Waals surface area contributed by atoms with Crippen LogP contribution in [-0.4, -0.2) is 17.1 Å². The zero-order chi connectivity index (χ0) is 21.2. The molecule has 0 unspecified atom stereocenters. The van der Waals surface area contributed by atoms with Crippen LogP contribution in [0.4, 0.5) is 37.6 Å². The Morgan fingerprint density at radius 3 is 2.41 bits per heavy atom. The molecular weight excluding hydrogens is 439 g/mol. The van der Waals surface area contributed by atoms with E-state index in [4.69, 9.17) is 16.3 Å². The van der Waals surface area contributed by atoms with E-state index in [9.17, 15) is 26.7 Å². The number of alkyl halides is 4. The summed E-state index contributed by atoms with van der Waals surface area (Å²) < 4.78 is 70.2. The molecule has 152 valence electrons. The monoisotopic (exact) mass is 448 g/mol. The Balaban J connectivity index is 2.00. The number of nitrogens with zero attached hydrogens (tertiary/aromatic N) is 2. The average molecular weight is 449 g/mol. The molecule has 0 saturated carbocycles. The molecule has 11 heteroatoms. The lowest BCUT2D eigenvalue weighted by molar-refractivity contribution is -0.137. The normalized spacial score (nSPS) is 11.4. The number of carbonyl (C=O) groups is 1. The van der Waals surface area contributed by atoms with Crippen LogP contribution in [0.15, 0.2) is 47.8 Å². The Labute approximate surface area is 170 Å². The smallest absolute Gasteiger partial charge is 0.422 e. The molecule has 3 rings (SSSR count). The quantitative estimate of drug-likeness (QED) is 0.334. The van der Waals surface area contributed by atoms with Crippen molar-refractivity contribution in [3.63, 3.8) is 0 Å². The molecule has 0 atom stereocenters. The van der Waals surface area contributed by atoms with Crippen LogP contribution in [-0.2, 0) is 10.9 Å². The fourth-order valence-electron chi connectivity index (χ4n) is 2.39. The molecule has 29 heavy (non-hydrogen) atoms. The van der Waals surface area contributed by atoms with E-state index in [2.05, 4.69) is 4.98 Å². The van der Waals surface area contributed by atoms with Crippen molar-refractivity contribution in [2.24, 2.45) is 0 Å². The first-order valence-corrected chi connectivity index (χ1v) is 9.23. The summed E-state index contributed by atoms with van der Waals surface area (Å²) in [6.07, 6.45) is -5.53. The van der Waals surface area contributed by atoms with Crippen molar-refractivity contribution in [2.45, 2.75) is 6.18 Å². The Bertz CT molecular complexity index is 1020. The number of hydrogen-bond donors (Lipinski definition) is 0. The highest BCUT2D eigenvalue weighted by Gasteiger charge is 2.31. The minimum absolute atomic E-state index is 0.00130. The number of benzene rings is 2. The Morgan fingerprint density at radius 2 is 1.83 bits per heavy atom. The highest BCUT2D eigenvalue weighted by Crippen LogP contribution is 2.36. The topological polar surface area (TPSA) is 42.4 Å². The minimum Gasteiger partial charge on any atom is -0.433 e. The second kappa shape index (κ2) is 8.34. The molecule has 0 fully saturated rings. The van der Waals surface area contributed by atoms with Crippen molar-refractivity contribution >= 4 is 39.8 Å². The lowest BCUT2D eigenvalue weighted by atomic mass is 10.1. The summed E-state index contributed by atoms with van der Waals surface area (Å²) in [6.45, 7) is 0. The van der Waals surface area contributed by atoms with Crippen molar-refractivity contribution in [1.29, 1.82) is 0 Å². The van der Waals surface area contributed by atoms with Crippen molar-refractivity contribution in [2.75, 3.05) is 11.0 Å². The Hall–Kier alpha value is -2.72. The molecule has 2 aromatic carbocycles. The van der Waals surface area contributed by atoms with Crippen LogP contribution in [0.1, 0.15) is 5.56 Å². The van der Waals surface area contributed by atoms with E-state index in [1.807, 2.05) is 0 Å². The van der Waals surface area contributed by atoms with Crippen LogP contribution in [0.25, 0.3) is 11.3 Å². The predicted octanol–water partition coefficient (Wildman–Crippen LogP) is 6.58. The SMILES string of the molecule is O=C(OCCl)N(c1ccc(C(F)(F)F)cc1)c1nc(-c2ccc(F)cc2F)cs1. The van der Waals surface area contributed by atoms with E-state index in [1.165, 1.54) is 11.4 Å². The van der Waals surface area contributed by atoms with Crippen LogP contribution in [0.5, 0.6) is 0 Å². The van der Waals surface area contributed by atoms with Crippen LogP contribution < -0.4 is 4.90 Å². The van der Waals surface area contributed by atoms with Gasteiger partial charge in [-0.25, -0.2) is 23.5 Å². The maximum absolute atomic E-state index is 14.0. The molecule has 1 heterocycles. The molecular formula is C18H10ClF5N2O2S. The van der Waals surface area contributed by atoms with Crippen molar-refractivity contribution < 1.29 is 31.5 Å². The van der Waals surface area contributed by atoms with Gasteiger partial charge in [-0.1, -0.05) is 11.6 Å². The standard InChI is InChI=1S/C18H10ClF5N2O2S/c19-9-28-17(27)26(12-4-1-10(2-5-12)18(22,23)24)16-25-15(8-29-16)13-6-3-11(20)7-14(13)21/h1-8H,9H2.